The Morgan fingerprint density at radius 1 is 1.28 bits per heavy atom. The normalized spacial score (nSPS) is 17.3. The van der Waals surface area contributed by atoms with Gasteiger partial charge in [0.05, 0.1) is 0 Å². The van der Waals surface area contributed by atoms with E-state index in [2.05, 4.69) is 31.8 Å². The average Bonchev–Trinajstić information content (AvgIpc) is 2.81. The first-order valence-electron chi connectivity index (χ1n) is 7.09. The molecule has 0 radical (unpaired) electrons. The van der Waals surface area contributed by atoms with Crippen LogP contribution in [0, 0.1) is 6.92 Å². The molecule has 0 spiro atoms. The van der Waals surface area contributed by atoms with Crippen LogP contribution in [-0.2, 0) is 5.41 Å². The molecule has 18 heavy (non-hydrogen) atoms. The van der Waals surface area contributed by atoms with Gasteiger partial charge in [-0.2, -0.15) is 0 Å². The Kier molecular flexibility index (Phi) is 4.00. The minimum atomic E-state index is -0.0197. The predicted octanol–water partition coefficient (Wildman–Crippen LogP) is 3.07. The third-order valence-corrected chi connectivity index (χ3v) is 4.02. The van der Waals surface area contributed by atoms with Crippen LogP contribution in [0.25, 0.3) is 0 Å². The fraction of sp³-hybridized carbons (Fsp3) is 0.733. The van der Waals surface area contributed by atoms with E-state index in [1.54, 1.807) is 0 Å². The van der Waals surface area contributed by atoms with Crippen LogP contribution in [0.3, 0.4) is 0 Å². The van der Waals surface area contributed by atoms with Gasteiger partial charge in [-0.05, 0) is 38.8 Å². The molecule has 2 rings (SSSR count). The maximum absolute atomic E-state index is 5.69. The highest BCUT2D eigenvalue weighted by molar-refractivity contribution is 5.18. The third-order valence-electron chi connectivity index (χ3n) is 4.02. The Bertz CT molecular complexity index is 406. The molecule has 1 aromatic heterocycles. The quantitative estimate of drug-likeness (QED) is 0.889. The molecule has 3 nitrogen and oxygen atoms in total. The fourth-order valence-electron chi connectivity index (χ4n) is 2.80. The smallest absolute Gasteiger partial charge is 0.134 e. The Morgan fingerprint density at radius 3 is 2.56 bits per heavy atom. The number of nitrogens with two attached hydrogens (primary N) is 1. The van der Waals surface area contributed by atoms with Crippen molar-refractivity contribution in [2.45, 2.75) is 64.2 Å². The first-order chi connectivity index (χ1) is 8.53. The van der Waals surface area contributed by atoms with Crippen molar-refractivity contribution in [1.29, 1.82) is 0 Å². The summed E-state index contributed by atoms with van der Waals surface area (Å²) in [4.78, 5) is 9.47. The summed E-state index contributed by atoms with van der Waals surface area (Å²) in [6, 6.07) is 2.16. The standard InChI is InChI=1S/C15H25N3/c1-11-10-13(12-6-4-5-7-12)18-14(17-11)15(2,3)8-9-16/h10,12H,4-9,16H2,1-3H3. The highest BCUT2D eigenvalue weighted by Gasteiger charge is 2.26. The number of aryl methyl sites for hydroxylation is 1. The second kappa shape index (κ2) is 5.35. The van der Waals surface area contributed by atoms with Gasteiger partial charge in [0.15, 0.2) is 0 Å². The molecular formula is C15H25N3. The van der Waals surface area contributed by atoms with E-state index in [1.807, 2.05) is 0 Å². The van der Waals surface area contributed by atoms with Gasteiger partial charge in [-0.3, -0.25) is 0 Å². The van der Waals surface area contributed by atoms with Gasteiger partial charge in [0.2, 0.25) is 0 Å². The lowest BCUT2D eigenvalue weighted by molar-refractivity contribution is 0.451. The Morgan fingerprint density at radius 2 is 1.94 bits per heavy atom. The number of nitrogens with zero attached hydrogens (tertiary/aromatic N) is 2. The van der Waals surface area contributed by atoms with Crippen molar-refractivity contribution in [3.63, 3.8) is 0 Å². The van der Waals surface area contributed by atoms with Gasteiger partial charge in [0.1, 0.15) is 5.82 Å². The summed E-state index contributed by atoms with van der Waals surface area (Å²) in [6.07, 6.45) is 6.19. The molecule has 1 heterocycles. The predicted molar refractivity (Wildman–Crippen MR) is 74.7 cm³/mol. The minimum Gasteiger partial charge on any atom is -0.330 e. The van der Waals surface area contributed by atoms with E-state index in [1.165, 1.54) is 31.4 Å². The second-order valence-corrected chi connectivity index (χ2v) is 6.16. The van der Waals surface area contributed by atoms with Crippen LogP contribution in [0.4, 0.5) is 0 Å². The van der Waals surface area contributed by atoms with Gasteiger partial charge in [0, 0.05) is 22.7 Å². The second-order valence-electron chi connectivity index (χ2n) is 6.16. The van der Waals surface area contributed by atoms with Gasteiger partial charge < -0.3 is 5.73 Å². The first kappa shape index (κ1) is 13.5. The molecule has 1 fully saturated rings. The topological polar surface area (TPSA) is 51.8 Å². The van der Waals surface area contributed by atoms with Crippen LogP contribution in [0.5, 0.6) is 0 Å². The van der Waals surface area contributed by atoms with E-state index in [9.17, 15) is 0 Å². The zero-order valence-corrected chi connectivity index (χ0v) is 11.9. The van der Waals surface area contributed by atoms with Crippen LogP contribution < -0.4 is 5.73 Å². The van der Waals surface area contributed by atoms with Gasteiger partial charge in [-0.15, -0.1) is 0 Å². The summed E-state index contributed by atoms with van der Waals surface area (Å²) in [5, 5.41) is 0. The van der Waals surface area contributed by atoms with E-state index in [0.717, 1.165) is 17.9 Å². The minimum absolute atomic E-state index is 0.0197. The highest BCUT2D eigenvalue weighted by Crippen LogP contribution is 2.34. The lowest BCUT2D eigenvalue weighted by Crippen LogP contribution is -2.25. The maximum atomic E-state index is 5.69. The summed E-state index contributed by atoms with van der Waals surface area (Å²) < 4.78 is 0. The van der Waals surface area contributed by atoms with Crippen molar-refractivity contribution in [3.05, 3.63) is 23.3 Å². The lowest BCUT2D eigenvalue weighted by atomic mass is 9.88. The molecule has 0 unspecified atom stereocenters. The van der Waals surface area contributed by atoms with Crippen LogP contribution >= 0.6 is 0 Å². The molecule has 0 aromatic carbocycles. The van der Waals surface area contributed by atoms with Gasteiger partial charge >= 0.3 is 0 Å². The summed E-state index contributed by atoms with van der Waals surface area (Å²) in [5.41, 5.74) is 8.01. The van der Waals surface area contributed by atoms with E-state index in [4.69, 9.17) is 10.7 Å². The zero-order chi connectivity index (χ0) is 13.2. The summed E-state index contributed by atoms with van der Waals surface area (Å²) in [5.74, 6) is 1.62. The molecular weight excluding hydrogens is 222 g/mol. The van der Waals surface area contributed by atoms with E-state index >= 15 is 0 Å². The lowest BCUT2D eigenvalue weighted by Gasteiger charge is -2.24. The number of aromatic nitrogens is 2. The van der Waals surface area contributed by atoms with Crippen molar-refractivity contribution in [2.24, 2.45) is 5.73 Å². The molecule has 1 aromatic rings. The van der Waals surface area contributed by atoms with Crippen LogP contribution in [0.2, 0.25) is 0 Å². The molecule has 100 valence electrons. The van der Waals surface area contributed by atoms with E-state index < -0.39 is 0 Å². The molecule has 1 aliphatic carbocycles. The SMILES string of the molecule is Cc1cc(C2CCCC2)nc(C(C)(C)CCN)n1. The summed E-state index contributed by atoms with van der Waals surface area (Å²) in [6.45, 7) is 7.13. The van der Waals surface area contributed by atoms with Crippen molar-refractivity contribution < 1.29 is 0 Å². The molecule has 0 amide bonds. The molecule has 0 bridgehead atoms. The van der Waals surface area contributed by atoms with Crippen LogP contribution in [0.15, 0.2) is 6.07 Å². The van der Waals surface area contributed by atoms with Crippen LogP contribution in [0.1, 0.15) is 69.1 Å². The summed E-state index contributed by atoms with van der Waals surface area (Å²) >= 11 is 0. The molecule has 2 N–H and O–H groups in total. The van der Waals surface area contributed by atoms with Crippen molar-refractivity contribution in [1.82, 2.24) is 9.97 Å². The molecule has 0 aliphatic heterocycles. The van der Waals surface area contributed by atoms with E-state index in [0.29, 0.717) is 12.5 Å². The highest BCUT2D eigenvalue weighted by atomic mass is 14.9. The summed E-state index contributed by atoms with van der Waals surface area (Å²) in [7, 11) is 0. The first-order valence-corrected chi connectivity index (χ1v) is 7.09. The molecule has 3 heteroatoms. The van der Waals surface area contributed by atoms with Crippen molar-refractivity contribution in [3.8, 4) is 0 Å². The number of hydrogen-bond acceptors (Lipinski definition) is 3. The molecule has 0 saturated heterocycles. The fourth-order valence-corrected chi connectivity index (χ4v) is 2.80. The van der Waals surface area contributed by atoms with Crippen molar-refractivity contribution in [2.75, 3.05) is 6.54 Å². The average molecular weight is 247 g/mol. The van der Waals surface area contributed by atoms with Gasteiger partial charge in [-0.25, -0.2) is 9.97 Å². The van der Waals surface area contributed by atoms with Crippen LogP contribution in [-0.4, -0.2) is 16.5 Å². The molecule has 1 saturated carbocycles. The van der Waals surface area contributed by atoms with Gasteiger partial charge in [0.25, 0.3) is 0 Å². The largest absolute Gasteiger partial charge is 0.330 e. The monoisotopic (exact) mass is 247 g/mol. The number of hydrogen-bond donors (Lipinski definition) is 1. The maximum Gasteiger partial charge on any atom is 0.134 e. The van der Waals surface area contributed by atoms with E-state index in [-0.39, 0.29) is 5.41 Å². The van der Waals surface area contributed by atoms with Crippen molar-refractivity contribution >= 4 is 0 Å². The number of rotatable bonds is 4. The Balaban J connectivity index is 2.31. The Hall–Kier alpha value is -0.960. The van der Waals surface area contributed by atoms with Gasteiger partial charge in [-0.1, -0.05) is 26.7 Å². The third kappa shape index (κ3) is 2.89. The zero-order valence-electron chi connectivity index (χ0n) is 11.9. The Labute approximate surface area is 110 Å². The molecule has 0 atom stereocenters. The molecule has 1 aliphatic rings.